The van der Waals surface area contributed by atoms with E-state index in [9.17, 15) is 13.2 Å². The number of nitriles is 1. The van der Waals surface area contributed by atoms with Gasteiger partial charge in [0, 0.05) is 0 Å². The van der Waals surface area contributed by atoms with Crippen molar-refractivity contribution in [1.82, 2.24) is 0 Å². The molecule has 1 aromatic rings. The maximum absolute atomic E-state index is 12.2. The van der Waals surface area contributed by atoms with Crippen molar-refractivity contribution < 1.29 is 17.9 Å². The Balaban J connectivity index is 2.41. The molecular weight excluding hydrogens is 243 g/mol. The standard InChI is InChI=1S/C13H10F3NO/c1-2-9-5-10(12(8-17)3-4-12)7-11(6-9)18-13(14,15)16/h2,5-7H,1,3-4H2. The van der Waals surface area contributed by atoms with Crippen LogP contribution in [0.4, 0.5) is 13.2 Å². The number of ether oxygens (including phenoxy) is 1. The Labute approximate surface area is 102 Å². The molecule has 1 aromatic carbocycles. The maximum atomic E-state index is 12.2. The van der Waals surface area contributed by atoms with Crippen LogP contribution in [0.1, 0.15) is 24.0 Å². The predicted octanol–water partition coefficient (Wildman–Crippen LogP) is 3.78. The summed E-state index contributed by atoms with van der Waals surface area (Å²) in [5, 5.41) is 9.06. The molecular formula is C13H10F3NO. The number of rotatable bonds is 3. The zero-order valence-electron chi connectivity index (χ0n) is 9.42. The summed E-state index contributed by atoms with van der Waals surface area (Å²) in [7, 11) is 0. The fourth-order valence-corrected chi connectivity index (χ4v) is 1.80. The Hall–Kier alpha value is -1.96. The summed E-state index contributed by atoms with van der Waals surface area (Å²) in [6, 6.07) is 6.33. The van der Waals surface area contributed by atoms with Crippen molar-refractivity contribution in [2.24, 2.45) is 0 Å². The van der Waals surface area contributed by atoms with Gasteiger partial charge in [-0.25, -0.2) is 0 Å². The molecule has 0 aliphatic heterocycles. The summed E-state index contributed by atoms with van der Waals surface area (Å²) in [6.45, 7) is 3.52. The van der Waals surface area contributed by atoms with Crippen LogP contribution in [-0.4, -0.2) is 6.36 Å². The molecule has 1 saturated carbocycles. The second-order valence-electron chi connectivity index (χ2n) is 4.24. The number of benzene rings is 1. The van der Waals surface area contributed by atoms with Crippen LogP contribution in [0.3, 0.4) is 0 Å². The highest BCUT2D eigenvalue weighted by atomic mass is 19.4. The van der Waals surface area contributed by atoms with Gasteiger partial charge in [0.05, 0.1) is 11.5 Å². The molecule has 1 aliphatic carbocycles. The molecule has 0 spiro atoms. The van der Waals surface area contributed by atoms with Gasteiger partial charge in [0.25, 0.3) is 0 Å². The average molecular weight is 253 g/mol. The molecule has 2 nitrogen and oxygen atoms in total. The predicted molar refractivity (Wildman–Crippen MR) is 59.7 cm³/mol. The minimum absolute atomic E-state index is 0.309. The maximum Gasteiger partial charge on any atom is 0.573 e. The molecule has 0 unspecified atom stereocenters. The number of alkyl halides is 3. The third-order valence-corrected chi connectivity index (χ3v) is 2.91. The highest BCUT2D eigenvalue weighted by Gasteiger charge is 2.45. The van der Waals surface area contributed by atoms with E-state index in [1.54, 1.807) is 6.07 Å². The van der Waals surface area contributed by atoms with Gasteiger partial charge >= 0.3 is 6.36 Å². The first-order valence-electron chi connectivity index (χ1n) is 5.33. The number of hydrogen-bond acceptors (Lipinski definition) is 2. The van der Waals surface area contributed by atoms with Crippen molar-refractivity contribution >= 4 is 6.08 Å². The summed E-state index contributed by atoms with van der Waals surface area (Å²) >= 11 is 0. The number of hydrogen-bond donors (Lipinski definition) is 0. The Morgan fingerprint density at radius 3 is 2.44 bits per heavy atom. The largest absolute Gasteiger partial charge is 0.573 e. The van der Waals surface area contributed by atoms with Crippen molar-refractivity contribution in [3.8, 4) is 11.8 Å². The fraction of sp³-hybridized carbons (Fsp3) is 0.308. The van der Waals surface area contributed by atoms with Crippen LogP contribution in [0.2, 0.25) is 0 Å². The molecule has 0 heterocycles. The summed E-state index contributed by atoms with van der Waals surface area (Å²) in [4.78, 5) is 0. The zero-order valence-corrected chi connectivity index (χ0v) is 9.42. The molecule has 0 bridgehead atoms. The highest BCUT2D eigenvalue weighted by molar-refractivity contribution is 5.55. The summed E-state index contributed by atoms with van der Waals surface area (Å²) < 4.78 is 40.5. The van der Waals surface area contributed by atoms with Gasteiger partial charge in [0.2, 0.25) is 0 Å². The number of halogens is 3. The van der Waals surface area contributed by atoms with Gasteiger partial charge in [0.15, 0.2) is 0 Å². The molecule has 0 radical (unpaired) electrons. The lowest BCUT2D eigenvalue weighted by Crippen LogP contribution is -2.17. The lowest BCUT2D eigenvalue weighted by Gasteiger charge is -2.13. The van der Waals surface area contributed by atoms with Crippen LogP contribution in [0.5, 0.6) is 5.75 Å². The Bertz CT molecular complexity index is 524. The van der Waals surface area contributed by atoms with Crippen LogP contribution >= 0.6 is 0 Å². The summed E-state index contributed by atoms with van der Waals surface area (Å²) in [5.41, 5.74) is 0.415. The molecule has 2 rings (SSSR count). The van der Waals surface area contributed by atoms with Gasteiger partial charge in [-0.2, -0.15) is 5.26 Å². The SMILES string of the molecule is C=Cc1cc(OC(F)(F)F)cc(C2(C#N)CC2)c1. The highest BCUT2D eigenvalue weighted by Crippen LogP contribution is 2.48. The van der Waals surface area contributed by atoms with Gasteiger partial charge in [-0.15, -0.1) is 13.2 Å². The molecule has 0 atom stereocenters. The van der Waals surface area contributed by atoms with Gasteiger partial charge < -0.3 is 4.74 Å². The molecule has 0 saturated heterocycles. The third kappa shape index (κ3) is 2.48. The molecule has 94 valence electrons. The minimum Gasteiger partial charge on any atom is -0.406 e. The normalized spacial score (nSPS) is 16.8. The van der Waals surface area contributed by atoms with Crippen molar-refractivity contribution in [2.75, 3.05) is 0 Å². The quantitative estimate of drug-likeness (QED) is 0.821. The third-order valence-electron chi connectivity index (χ3n) is 2.91. The molecule has 5 heteroatoms. The van der Waals surface area contributed by atoms with E-state index in [2.05, 4.69) is 17.4 Å². The van der Waals surface area contributed by atoms with Crippen molar-refractivity contribution in [2.45, 2.75) is 24.6 Å². The molecule has 0 amide bonds. The van der Waals surface area contributed by atoms with Crippen LogP contribution < -0.4 is 4.74 Å². The molecule has 1 aliphatic rings. The topological polar surface area (TPSA) is 33.0 Å². The first-order valence-corrected chi connectivity index (χ1v) is 5.33. The first kappa shape index (κ1) is 12.5. The van der Waals surface area contributed by atoms with Crippen LogP contribution in [0.15, 0.2) is 24.8 Å². The fourth-order valence-electron chi connectivity index (χ4n) is 1.80. The zero-order chi connectivity index (χ0) is 13.4. The molecule has 1 fully saturated rings. The average Bonchev–Trinajstić information content (AvgIpc) is 3.07. The summed E-state index contributed by atoms with van der Waals surface area (Å²) in [6.07, 6.45) is -1.98. The molecule has 18 heavy (non-hydrogen) atoms. The smallest absolute Gasteiger partial charge is 0.406 e. The lowest BCUT2D eigenvalue weighted by molar-refractivity contribution is -0.274. The Kier molecular flexibility index (Phi) is 2.81. The van der Waals surface area contributed by atoms with Crippen LogP contribution in [-0.2, 0) is 5.41 Å². The number of nitrogens with zero attached hydrogens (tertiary/aromatic N) is 1. The second-order valence-corrected chi connectivity index (χ2v) is 4.24. The first-order chi connectivity index (χ1) is 8.38. The second kappa shape index (κ2) is 4.05. The van der Waals surface area contributed by atoms with Crippen LogP contribution in [0.25, 0.3) is 6.08 Å². The van der Waals surface area contributed by atoms with E-state index in [1.807, 2.05) is 0 Å². The van der Waals surface area contributed by atoms with E-state index >= 15 is 0 Å². The van der Waals surface area contributed by atoms with Gasteiger partial charge in [-0.1, -0.05) is 12.7 Å². The molecule has 0 aromatic heterocycles. The monoisotopic (exact) mass is 253 g/mol. The minimum atomic E-state index is -4.74. The Morgan fingerprint density at radius 2 is 2.00 bits per heavy atom. The van der Waals surface area contributed by atoms with Crippen LogP contribution in [0, 0.1) is 11.3 Å². The van der Waals surface area contributed by atoms with E-state index in [1.165, 1.54) is 18.2 Å². The van der Waals surface area contributed by atoms with Gasteiger partial charge in [0.1, 0.15) is 5.75 Å². The van der Waals surface area contributed by atoms with E-state index in [0.29, 0.717) is 24.0 Å². The lowest BCUT2D eigenvalue weighted by atomic mass is 9.95. The Morgan fingerprint density at radius 1 is 1.33 bits per heavy atom. The van der Waals surface area contributed by atoms with E-state index < -0.39 is 11.8 Å². The van der Waals surface area contributed by atoms with Crippen molar-refractivity contribution in [3.63, 3.8) is 0 Å². The van der Waals surface area contributed by atoms with E-state index in [4.69, 9.17) is 5.26 Å². The molecule has 0 N–H and O–H groups in total. The van der Waals surface area contributed by atoms with Crippen molar-refractivity contribution in [3.05, 3.63) is 35.9 Å². The van der Waals surface area contributed by atoms with E-state index in [-0.39, 0.29) is 5.75 Å². The van der Waals surface area contributed by atoms with Gasteiger partial charge in [-0.05, 0) is 42.2 Å². The summed E-state index contributed by atoms with van der Waals surface area (Å²) in [5.74, 6) is -0.309. The van der Waals surface area contributed by atoms with Gasteiger partial charge in [-0.3, -0.25) is 0 Å². The van der Waals surface area contributed by atoms with E-state index in [0.717, 1.165) is 0 Å². The van der Waals surface area contributed by atoms with Crippen molar-refractivity contribution in [1.29, 1.82) is 5.26 Å².